The normalized spacial score (nSPS) is 14.1. The van der Waals surface area contributed by atoms with Gasteiger partial charge in [-0.05, 0) is 53.6 Å². The molecule has 9 heteroatoms. The second-order valence-corrected chi connectivity index (χ2v) is 7.52. The lowest BCUT2D eigenvalue weighted by atomic mass is 10.1. The Morgan fingerprint density at radius 1 is 0.971 bits per heavy atom. The molecule has 178 valence electrons. The van der Waals surface area contributed by atoms with Gasteiger partial charge in [0.05, 0.1) is 25.5 Å². The van der Waals surface area contributed by atoms with Crippen molar-refractivity contribution in [2.75, 3.05) is 19.2 Å². The molecule has 0 atom stereocenters. The van der Waals surface area contributed by atoms with E-state index in [1.807, 2.05) is 6.07 Å². The van der Waals surface area contributed by atoms with Crippen molar-refractivity contribution >= 4 is 29.5 Å². The van der Waals surface area contributed by atoms with Gasteiger partial charge >= 0.3 is 5.97 Å². The van der Waals surface area contributed by atoms with Gasteiger partial charge in [0.25, 0.3) is 11.8 Å². The lowest BCUT2D eigenvalue weighted by Crippen LogP contribution is -2.35. The highest BCUT2D eigenvalue weighted by Crippen LogP contribution is 2.40. The third-order valence-corrected chi connectivity index (χ3v) is 5.26. The summed E-state index contributed by atoms with van der Waals surface area (Å²) in [6.07, 6.45) is 1.45. The van der Waals surface area contributed by atoms with Crippen LogP contribution in [-0.2, 0) is 16.2 Å². The van der Waals surface area contributed by atoms with Crippen molar-refractivity contribution in [3.8, 4) is 17.2 Å². The monoisotopic (exact) mass is 474 g/mol. The molecule has 35 heavy (non-hydrogen) atoms. The molecular weight excluding hydrogens is 452 g/mol. The molecule has 1 aliphatic rings. The van der Waals surface area contributed by atoms with E-state index in [-0.39, 0.29) is 17.7 Å². The summed E-state index contributed by atoms with van der Waals surface area (Å²) in [6.45, 7) is 0.0706. The fourth-order valence-electron chi connectivity index (χ4n) is 3.56. The summed E-state index contributed by atoms with van der Waals surface area (Å²) in [4.78, 5) is 36.6. The van der Waals surface area contributed by atoms with Crippen LogP contribution in [-0.4, -0.2) is 37.1 Å². The first-order chi connectivity index (χ1) is 16.9. The fraction of sp³-hybridized carbons (Fsp3) is 0.115. The molecule has 3 aromatic carbocycles. The van der Waals surface area contributed by atoms with Crippen molar-refractivity contribution < 1.29 is 33.7 Å². The average molecular weight is 474 g/mol. The summed E-state index contributed by atoms with van der Waals surface area (Å²) < 4.78 is 16.8. The van der Waals surface area contributed by atoms with E-state index in [2.05, 4.69) is 5.43 Å². The Balaban J connectivity index is 1.61. The van der Waals surface area contributed by atoms with E-state index in [9.17, 15) is 19.5 Å². The molecule has 0 saturated carbocycles. The number of carbonyl (C=O) groups excluding carboxylic acids is 2. The number of carboxylic acid groups (broad SMARTS) is 1. The van der Waals surface area contributed by atoms with Gasteiger partial charge in [0.1, 0.15) is 12.2 Å². The number of ether oxygens (including phenoxy) is 3. The summed E-state index contributed by atoms with van der Waals surface area (Å²) in [5.74, 6) is -1.12. The summed E-state index contributed by atoms with van der Waals surface area (Å²) in [7, 11) is 2.91. The molecule has 2 amide bonds. The fourth-order valence-corrected chi connectivity index (χ4v) is 3.56. The van der Waals surface area contributed by atoms with E-state index in [0.717, 1.165) is 0 Å². The molecule has 0 aromatic heterocycles. The maximum Gasteiger partial charge on any atom is 0.335 e. The lowest BCUT2D eigenvalue weighted by Gasteiger charge is -2.16. The molecule has 1 heterocycles. The van der Waals surface area contributed by atoms with Crippen LogP contribution in [0.4, 0.5) is 5.69 Å². The topological polar surface area (TPSA) is 114 Å². The number of benzene rings is 3. The van der Waals surface area contributed by atoms with Crippen molar-refractivity contribution in [1.82, 2.24) is 5.43 Å². The molecule has 3 aromatic rings. The van der Waals surface area contributed by atoms with Crippen molar-refractivity contribution in [2.24, 2.45) is 0 Å². The third kappa shape index (κ3) is 4.93. The van der Waals surface area contributed by atoms with E-state index in [0.29, 0.717) is 34.1 Å². The number of amides is 2. The van der Waals surface area contributed by atoms with Gasteiger partial charge in [-0.1, -0.05) is 30.3 Å². The van der Waals surface area contributed by atoms with E-state index >= 15 is 0 Å². The molecule has 9 nitrogen and oxygen atoms in total. The van der Waals surface area contributed by atoms with E-state index in [1.165, 1.54) is 37.4 Å². The summed E-state index contributed by atoms with van der Waals surface area (Å²) in [5, 5.41) is 10.4. The van der Waals surface area contributed by atoms with Crippen LogP contribution in [0.3, 0.4) is 0 Å². The Bertz CT molecular complexity index is 1290. The Morgan fingerprint density at radius 2 is 1.66 bits per heavy atom. The van der Waals surface area contributed by atoms with Crippen molar-refractivity contribution in [3.63, 3.8) is 0 Å². The molecule has 1 aliphatic heterocycles. The third-order valence-electron chi connectivity index (χ3n) is 5.26. The van der Waals surface area contributed by atoms with Gasteiger partial charge in [-0.15, -0.1) is 0 Å². The van der Waals surface area contributed by atoms with E-state index in [4.69, 9.17) is 14.2 Å². The molecule has 0 bridgehead atoms. The maximum absolute atomic E-state index is 12.9. The molecule has 1 saturated heterocycles. The van der Waals surface area contributed by atoms with Crippen molar-refractivity contribution in [1.29, 1.82) is 0 Å². The minimum absolute atomic E-state index is 0.0443. The van der Waals surface area contributed by atoms with Crippen LogP contribution >= 0.6 is 0 Å². The number of nitrogens with one attached hydrogen (secondary N) is 1. The molecule has 0 spiro atoms. The molecule has 0 unspecified atom stereocenters. The van der Waals surface area contributed by atoms with E-state index < -0.39 is 17.8 Å². The van der Waals surface area contributed by atoms with Gasteiger partial charge < -0.3 is 19.3 Å². The number of carboxylic acids is 1. The first-order valence-corrected chi connectivity index (χ1v) is 10.5. The molecule has 0 radical (unpaired) electrons. The van der Waals surface area contributed by atoms with Gasteiger partial charge in [0.2, 0.25) is 5.75 Å². The van der Waals surface area contributed by atoms with Gasteiger partial charge in [-0.3, -0.25) is 15.0 Å². The van der Waals surface area contributed by atoms with Crippen LogP contribution in [0.15, 0.2) is 72.3 Å². The molecule has 0 aliphatic carbocycles. The van der Waals surface area contributed by atoms with Gasteiger partial charge in [0.15, 0.2) is 11.5 Å². The first-order valence-electron chi connectivity index (χ1n) is 10.5. The first kappa shape index (κ1) is 23.4. The number of methoxy groups -OCH3 is 2. The number of aromatic carboxylic acids is 1. The quantitative estimate of drug-likeness (QED) is 0.380. The standard InChI is InChI=1S/C26H22N2O7/c1-33-21-13-17(12-20-24(29)27-28(25(20)30)19-9-4-3-5-10-19)14-22(34-2)23(21)35-15-16-7-6-8-18(11-16)26(31)32/h3-14H,15H2,1-2H3,(H,27,29)(H,31,32)/b20-12-. The van der Waals surface area contributed by atoms with Gasteiger partial charge in [-0.25, -0.2) is 9.80 Å². The highest BCUT2D eigenvalue weighted by molar-refractivity contribution is 6.31. The van der Waals surface area contributed by atoms with Crippen LogP contribution in [0.2, 0.25) is 0 Å². The Hall–Kier alpha value is -4.79. The zero-order valence-corrected chi connectivity index (χ0v) is 19.0. The summed E-state index contributed by atoms with van der Waals surface area (Å²) >= 11 is 0. The molecular formula is C26H22N2O7. The highest BCUT2D eigenvalue weighted by Gasteiger charge is 2.34. The Morgan fingerprint density at radius 3 is 2.29 bits per heavy atom. The predicted molar refractivity (Wildman–Crippen MR) is 127 cm³/mol. The zero-order valence-electron chi connectivity index (χ0n) is 19.0. The molecule has 4 rings (SSSR count). The number of nitrogens with zero attached hydrogens (tertiary/aromatic N) is 1. The summed E-state index contributed by atoms with van der Waals surface area (Å²) in [5.41, 5.74) is 4.34. The number of hydrogen-bond acceptors (Lipinski definition) is 6. The highest BCUT2D eigenvalue weighted by atomic mass is 16.5. The van der Waals surface area contributed by atoms with Crippen LogP contribution < -0.4 is 24.6 Å². The number of carbonyl (C=O) groups is 3. The Kier molecular flexibility index (Phi) is 6.68. The second kappa shape index (κ2) is 10.0. The van der Waals surface area contributed by atoms with Gasteiger partial charge in [-0.2, -0.15) is 0 Å². The van der Waals surface area contributed by atoms with Crippen LogP contribution in [0, 0.1) is 0 Å². The number of anilines is 1. The van der Waals surface area contributed by atoms with Crippen LogP contribution in [0.25, 0.3) is 6.08 Å². The number of para-hydroxylation sites is 1. The minimum atomic E-state index is -1.03. The number of hydrogen-bond donors (Lipinski definition) is 2. The SMILES string of the molecule is COc1cc(/C=C2/C(=O)NN(c3ccccc3)C2=O)cc(OC)c1OCc1cccc(C(=O)O)c1. The average Bonchev–Trinajstić information content (AvgIpc) is 3.16. The van der Waals surface area contributed by atoms with Gasteiger partial charge in [0, 0.05) is 0 Å². The van der Waals surface area contributed by atoms with Crippen LogP contribution in [0.5, 0.6) is 17.2 Å². The van der Waals surface area contributed by atoms with Crippen molar-refractivity contribution in [3.05, 3.63) is 89.0 Å². The predicted octanol–water partition coefficient (Wildman–Crippen LogP) is 3.44. The molecule has 2 N–H and O–H groups in total. The van der Waals surface area contributed by atoms with Crippen molar-refractivity contribution in [2.45, 2.75) is 6.61 Å². The summed E-state index contributed by atoms with van der Waals surface area (Å²) in [6, 6.07) is 18.4. The zero-order chi connectivity index (χ0) is 24.9. The van der Waals surface area contributed by atoms with Crippen LogP contribution in [0.1, 0.15) is 21.5 Å². The maximum atomic E-state index is 12.9. The lowest BCUT2D eigenvalue weighted by molar-refractivity contribution is -0.117. The Labute approximate surface area is 201 Å². The number of hydrazine groups is 1. The molecule has 1 fully saturated rings. The smallest absolute Gasteiger partial charge is 0.335 e. The van der Waals surface area contributed by atoms with E-state index in [1.54, 1.807) is 48.5 Å². The minimum Gasteiger partial charge on any atom is -0.493 e. The second-order valence-electron chi connectivity index (χ2n) is 7.52. The largest absolute Gasteiger partial charge is 0.493 e. The number of rotatable bonds is 8.